The third kappa shape index (κ3) is 5.35. The van der Waals surface area contributed by atoms with Gasteiger partial charge in [-0.2, -0.15) is 0 Å². The van der Waals surface area contributed by atoms with E-state index in [1.54, 1.807) is 32.4 Å². The van der Waals surface area contributed by atoms with Gasteiger partial charge in [-0.15, -0.1) is 10.2 Å². The quantitative estimate of drug-likeness (QED) is 0.319. The van der Waals surface area contributed by atoms with Crippen molar-refractivity contribution in [2.24, 2.45) is 0 Å². The van der Waals surface area contributed by atoms with Crippen molar-refractivity contribution in [3.8, 4) is 28.6 Å². The first kappa shape index (κ1) is 23.7. The molecule has 0 spiro atoms. The van der Waals surface area contributed by atoms with Crippen LogP contribution in [0.25, 0.3) is 17.1 Å². The number of halogens is 1. The second kappa shape index (κ2) is 10.6. The van der Waals surface area contributed by atoms with E-state index in [4.69, 9.17) is 21.1 Å². The number of rotatable bonds is 8. The molecule has 1 heterocycles. The van der Waals surface area contributed by atoms with Crippen LogP contribution in [0.5, 0.6) is 11.5 Å². The molecule has 3 aromatic carbocycles. The molecule has 0 atom stereocenters. The molecule has 1 aromatic heterocycles. The number of amides is 1. The summed E-state index contributed by atoms with van der Waals surface area (Å²) in [6.45, 7) is 2.03. The van der Waals surface area contributed by atoms with E-state index in [2.05, 4.69) is 15.5 Å². The van der Waals surface area contributed by atoms with Crippen LogP contribution in [0.4, 0.5) is 5.69 Å². The van der Waals surface area contributed by atoms with E-state index in [0.29, 0.717) is 33.2 Å². The van der Waals surface area contributed by atoms with Gasteiger partial charge < -0.3 is 14.8 Å². The van der Waals surface area contributed by atoms with Crippen molar-refractivity contribution < 1.29 is 14.3 Å². The molecule has 1 N–H and O–H groups in total. The van der Waals surface area contributed by atoms with Crippen LogP contribution < -0.4 is 14.8 Å². The minimum atomic E-state index is -0.196. The minimum Gasteiger partial charge on any atom is -0.497 e. The number of aryl methyl sites for hydroxylation is 1. The van der Waals surface area contributed by atoms with Crippen LogP contribution in [0.1, 0.15) is 5.56 Å². The maximum absolute atomic E-state index is 12.7. The van der Waals surface area contributed by atoms with Crippen molar-refractivity contribution >= 4 is 35.0 Å². The van der Waals surface area contributed by atoms with E-state index in [1.807, 2.05) is 60.0 Å². The largest absolute Gasteiger partial charge is 0.497 e. The zero-order valence-corrected chi connectivity index (χ0v) is 20.5. The summed E-state index contributed by atoms with van der Waals surface area (Å²) in [6.07, 6.45) is 0. The van der Waals surface area contributed by atoms with Crippen molar-refractivity contribution in [1.29, 1.82) is 0 Å². The molecule has 174 valence electrons. The van der Waals surface area contributed by atoms with Crippen molar-refractivity contribution in [2.75, 3.05) is 25.3 Å². The Hall–Kier alpha value is -3.49. The van der Waals surface area contributed by atoms with E-state index in [-0.39, 0.29) is 11.7 Å². The molecule has 9 heteroatoms. The molecule has 0 bridgehead atoms. The minimum absolute atomic E-state index is 0.131. The average Bonchev–Trinajstić information content (AvgIpc) is 3.27. The van der Waals surface area contributed by atoms with E-state index in [9.17, 15) is 4.79 Å². The second-order valence-electron chi connectivity index (χ2n) is 7.40. The molecular formula is C25H23ClN4O3S. The summed E-state index contributed by atoms with van der Waals surface area (Å²) in [5.74, 6) is 1.72. The summed E-state index contributed by atoms with van der Waals surface area (Å²) in [7, 11) is 3.12. The monoisotopic (exact) mass is 494 g/mol. The van der Waals surface area contributed by atoms with Gasteiger partial charge in [0.05, 0.1) is 25.0 Å². The Morgan fingerprint density at radius 3 is 2.32 bits per heavy atom. The number of thioether (sulfide) groups is 1. The summed E-state index contributed by atoms with van der Waals surface area (Å²) in [5, 5.41) is 12.8. The first-order valence-electron chi connectivity index (χ1n) is 10.4. The summed E-state index contributed by atoms with van der Waals surface area (Å²) in [5.41, 5.74) is 3.36. The molecule has 0 saturated carbocycles. The van der Waals surface area contributed by atoms with Crippen LogP contribution >= 0.6 is 23.4 Å². The molecule has 4 rings (SSSR count). The van der Waals surface area contributed by atoms with Gasteiger partial charge in [-0.25, -0.2) is 0 Å². The van der Waals surface area contributed by atoms with Gasteiger partial charge in [0.1, 0.15) is 11.5 Å². The number of anilines is 1. The topological polar surface area (TPSA) is 78.3 Å². The SMILES string of the molecule is COc1cc(NC(=O)CSc2nnc(-c3ccccc3Cl)n2-c2ccc(C)cc2)cc(OC)c1. The molecule has 0 fully saturated rings. The number of methoxy groups -OCH3 is 2. The van der Waals surface area contributed by atoms with Gasteiger partial charge >= 0.3 is 0 Å². The molecule has 34 heavy (non-hydrogen) atoms. The Balaban J connectivity index is 1.59. The number of benzene rings is 3. The number of carbonyl (C=O) groups excluding carboxylic acids is 1. The van der Waals surface area contributed by atoms with Gasteiger partial charge in [0.2, 0.25) is 5.91 Å². The second-order valence-corrected chi connectivity index (χ2v) is 8.74. The Morgan fingerprint density at radius 1 is 1.00 bits per heavy atom. The van der Waals surface area contributed by atoms with Gasteiger partial charge in [0.15, 0.2) is 11.0 Å². The average molecular weight is 495 g/mol. The third-order valence-corrected chi connectivity index (χ3v) is 6.27. The van der Waals surface area contributed by atoms with Gasteiger partial charge in [0, 0.05) is 35.1 Å². The number of carbonyl (C=O) groups is 1. The fraction of sp³-hybridized carbons (Fsp3) is 0.160. The molecule has 0 aliphatic heterocycles. The van der Waals surface area contributed by atoms with Crippen LogP contribution in [0, 0.1) is 6.92 Å². The highest BCUT2D eigenvalue weighted by Crippen LogP contribution is 2.32. The van der Waals surface area contributed by atoms with E-state index >= 15 is 0 Å². The molecule has 0 saturated heterocycles. The molecular weight excluding hydrogens is 472 g/mol. The Morgan fingerprint density at radius 2 is 1.68 bits per heavy atom. The fourth-order valence-corrected chi connectivity index (χ4v) is 4.29. The molecule has 0 aliphatic carbocycles. The van der Waals surface area contributed by atoms with Crippen LogP contribution in [0.3, 0.4) is 0 Å². The summed E-state index contributed by atoms with van der Waals surface area (Å²) >= 11 is 7.73. The van der Waals surface area contributed by atoms with Crippen molar-refractivity contribution in [3.63, 3.8) is 0 Å². The molecule has 4 aromatic rings. The number of hydrogen-bond donors (Lipinski definition) is 1. The highest BCUT2D eigenvalue weighted by molar-refractivity contribution is 7.99. The maximum atomic E-state index is 12.7. The van der Waals surface area contributed by atoms with Crippen molar-refractivity contribution in [2.45, 2.75) is 12.1 Å². The molecule has 0 unspecified atom stereocenters. The third-order valence-electron chi connectivity index (χ3n) is 5.01. The van der Waals surface area contributed by atoms with Gasteiger partial charge in [-0.3, -0.25) is 9.36 Å². The predicted molar refractivity (Wildman–Crippen MR) is 135 cm³/mol. The fourth-order valence-electron chi connectivity index (χ4n) is 3.31. The van der Waals surface area contributed by atoms with E-state index < -0.39 is 0 Å². The van der Waals surface area contributed by atoms with Crippen molar-refractivity contribution in [1.82, 2.24) is 14.8 Å². The Kier molecular flexibility index (Phi) is 7.40. The smallest absolute Gasteiger partial charge is 0.234 e. The first-order valence-corrected chi connectivity index (χ1v) is 11.8. The molecule has 0 radical (unpaired) electrons. The number of nitrogens with one attached hydrogen (secondary N) is 1. The lowest BCUT2D eigenvalue weighted by molar-refractivity contribution is -0.113. The normalized spacial score (nSPS) is 10.7. The van der Waals surface area contributed by atoms with Gasteiger partial charge in [0.25, 0.3) is 0 Å². The lowest BCUT2D eigenvalue weighted by Gasteiger charge is -2.12. The van der Waals surface area contributed by atoms with E-state index in [1.165, 1.54) is 11.8 Å². The number of nitrogens with zero attached hydrogens (tertiary/aromatic N) is 3. The van der Waals surface area contributed by atoms with Crippen molar-refractivity contribution in [3.05, 3.63) is 77.3 Å². The standard InChI is InChI=1S/C25H23ClN4O3S/c1-16-8-10-18(11-9-16)30-24(21-6-4-5-7-22(21)26)28-29-25(30)34-15-23(31)27-17-12-19(32-2)14-20(13-17)33-3/h4-14H,15H2,1-3H3,(H,27,31). The lowest BCUT2D eigenvalue weighted by atomic mass is 10.2. The van der Waals surface area contributed by atoms with Crippen LogP contribution in [-0.2, 0) is 4.79 Å². The number of ether oxygens (including phenoxy) is 2. The highest BCUT2D eigenvalue weighted by atomic mass is 35.5. The van der Waals surface area contributed by atoms with Crippen LogP contribution in [-0.4, -0.2) is 40.6 Å². The van der Waals surface area contributed by atoms with Gasteiger partial charge in [-0.05, 0) is 31.2 Å². The summed E-state index contributed by atoms with van der Waals surface area (Å²) < 4.78 is 12.4. The highest BCUT2D eigenvalue weighted by Gasteiger charge is 2.19. The van der Waals surface area contributed by atoms with Gasteiger partial charge in [-0.1, -0.05) is 53.2 Å². The van der Waals surface area contributed by atoms with E-state index in [0.717, 1.165) is 16.8 Å². The molecule has 0 aliphatic rings. The number of aromatic nitrogens is 3. The van der Waals surface area contributed by atoms with Crippen LogP contribution in [0.2, 0.25) is 5.02 Å². The summed E-state index contributed by atoms with van der Waals surface area (Å²) in [4.78, 5) is 12.7. The molecule has 1 amide bonds. The predicted octanol–water partition coefficient (Wildman–Crippen LogP) is 5.64. The molecule has 7 nitrogen and oxygen atoms in total. The zero-order valence-electron chi connectivity index (χ0n) is 18.9. The lowest BCUT2D eigenvalue weighted by Crippen LogP contribution is -2.14. The summed E-state index contributed by atoms with van der Waals surface area (Å²) in [6, 6.07) is 20.7. The zero-order chi connectivity index (χ0) is 24.1. The maximum Gasteiger partial charge on any atom is 0.234 e. The Labute approximate surface area is 207 Å². The number of hydrogen-bond acceptors (Lipinski definition) is 6. The van der Waals surface area contributed by atoms with Crippen LogP contribution in [0.15, 0.2) is 71.9 Å². The Bertz CT molecular complexity index is 1290. The first-order chi connectivity index (χ1) is 16.5.